The van der Waals surface area contributed by atoms with Crippen molar-refractivity contribution < 1.29 is 18.7 Å². The van der Waals surface area contributed by atoms with Gasteiger partial charge < -0.3 is 20.1 Å². The summed E-state index contributed by atoms with van der Waals surface area (Å²) in [5.74, 6) is -0.102. The summed E-state index contributed by atoms with van der Waals surface area (Å²) in [5, 5.41) is 6.06. The molecule has 0 unspecified atom stereocenters. The van der Waals surface area contributed by atoms with Gasteiger partial charge in [0.15, 0.2) is 0 Å². The minimum absolute atomic E-state index is 0.259. The number of hydrogen-bond acceptors (Lipinski definition) is 5. The lowest BCUT2D eigenvalue weighted by atomic mass is 10.1. The number of fused-ring (bicyclic) bond motifs is 1. The number of benzene rings is 1. The predicted octanol–water partition coefficient (Wildman–Crippen LogP) is 1.71. The van der Waals surface area contributed by atoms with Crippen molar-refractivity contribution in [1.29, 1.82) is 0 Å². The van der Waals surface area contributed by atoms with Gasteiger partial charge in [0.2, 0.25) is 0 Å². The normalized spacial score (nSPS) is 22.7. The first kappa shape index (κ1) is 17.1. The molecule has 1 amide bonds. The lowest BCUT2D eigenvalue weighted by Crippen LogP contribution is -2.37. The van der Waals surface area contributed by atoms with Crippen LogP contribution in [0.15, 0.2) is 35.7 Å². The van der Waals surface area contributed by atoms with Gasteiger partial charge in [0.25, 0.3) is 5.91 Å². The Labute approximate surface area is 151 Å². The Bertz CT molecular complexity index is 769. The van der Waals surface area contributed by atoms with Gasteiger partial charge in [0.05, 0.1) is 30.2 Å². The third-order valence-electron chi connectivity index (χ3n) is 4.77. The Kier molecular flexibility index (Phi) is 4.90. The second-order valence-corrected chi connectivity index (χ2v) is 6.58. The zero-order valence-electron chi connectivity index (χ0n) is 14.5. The molecule has 0 aromatic heterocycles. The molecule has 6 nitrogen and oxygen atoms in total. The third-order valence-corrected chi connectivity index (χ3v) is 4.77. The second kappa shape index (κ2) is 7.47. The van der Waals surface area contributed by atoms with Crippen LogP contribution < -0.4 is 10.6 Å². The molecule has 3 aliphatic rings. The standard InChI is InChI=1S/C19H22FN3O3/c20-13-2-3-15-16(10-13)22-19(24)18(15)17-11-14(12-26-17)21-4-1-5-23-6-8-25-9-7-23/h2-3,10-11,21H,1,4-9,12H2,(H,22,24). The van der Waals surface area contributed by atoms with Crippen molar-refractivity contribution >= 4 is 17.2 Å². The fraction of sp³-hybridized carbons (Fsp3) is 0.421. The van der Waals surface area contributed by atoms with Crippen LogP contribution in [0.1, 0.15) is 12.0 Å². The highest BCUT2D eigenvalue weighted by atomic mass is 19.1. The molecular weight excluding hydrogens is 337 g/mol. The monoisotopic (exact) mass is 359 g/mol. The number of halogens is 1. The molecule has 0 saturated carbocycles. The fourth-order valence-electron chi connectivity index (χ4n) is 3.41. The summed E-state index contributed by atoms with van der Waals surface area (Å²) >= 11 is 0. The number of morpholine rings is 1. The van der Waals surface area contributed by atoms with Crippen LogP contribution in [0.3, 0.4) is 0 Å². The van der Waals surface area contributed by atoms with Gasteiger partial charge in [-0.1, -0.05) is 0 Å². The Balaban J connectivity index is 1.37. The van der Waals surface area contributed by atoms with Gasteiger partial charge >= 0.3 is 0 Å². The summed E-state index contributed by atoms with van der Waals surface area (Å²) in [6.07, 6.45) is 2.90. The van der Waals surface area contributed by atoms with E-state index >= 15 is 0 Å². The molecule has 1 saturated heterocycles. The van der Waals surface area contributed by atoms with Gasteiger partial charge in [-0.05, 0) is 31.2 Å². The number of carbonyl (C=O) groups excluding carboxylic acids is 1. The van der Waals surface area contributed by atoms with Crippen molar-refractivity contribution in [1.82, 2.24) is 10.2 Å². The molecule has 3 heterocycles. The zero-order chi connectivity index (χ0) is 17.9. The van der Waals surface area contributed by atoms with E-state index in [0.29, 0.717) is 29.2 Å². The maximum Gasteiger partial charge on any atom is 0.260 e. The summed E-state index contributed by atoms with van der Waals surface area (Å²) in [4.78, 5) is 14.6. The molecule has 1 aromatic carbocycles. The lowest BCUT2D eigenvalue weighted by Gasteiger charge is -2.26. The van der Waals surface area contributed by atoms with Gasteiger partial charge in [-0.2, -0.15) is 0 Å². The largest absolute Gasteiger partial charge is 0.486 e. The lowest BCUT2D eigenvalue weighted by molar-refractivity contribution is -0.110. The first-order valence-electron chi connectivity index (χ1n) is 8.93. The Morgan fingerprint density at radius 1 is 1.27 bits per heavy atom. The van der Waals surface area contributed by atoms with Gasteiger partial charge in [-0.3, -0.25) is 9.69 Å². The van der Waals surface area contributed by atoms with Gasteiger partial charge in [-0.25, -0.2) is 4.39 Å². The van der Waals surface area contributed by atoms with Gasteiger partial charge in [-0.15, -0.1) is 0 Å². The van der Waals surface area contributed by atoms with Crippen molar-refractivity contribution in [2.75, 3.05) is 51.3 Å². The maximum atomic E-state index is 13.3. The summed E-state index contributed by atoms with van der Waals surface area (Å²) in [6.45, 7) is 5.94. The van der Waals surface area contributed by atoms with Crippen LogP contribution in [0, 0.1) is 5.82 Å². The molecule has 1 fully saturated rings. The summed E-state index contributed by atoms with van der Waals surface area (Å²) in [5.41, 5.74) is 2.58. The minimum Gasteiger partial charge on any atom is -0.486 e. The average Bonchev–Trinajstić information content (AvgIpc) is 3.22. The number of rotatable bonds is 5. The maximum absolute atomic E-state index is 13.3. The van der Waals surface area contributed by atoms with Crippen LogP contribution in [-0.2, 0) is 14.3 Å². The molecule has 2 N–H and O–H groups in total. The first-order chi connectivity index (χ1) is 12.7. The highest BCUT2D eigenvalue weighted by Crippen LogP contribution is 2.36. The molecule has 0 bridgehead atoms. The van der Waals surface area contributed by atoms with E-state index in [1.165, 1.54) is 12.1 Å². The molecule has 0 spiro atoms. The van der Waals surface area contributed by atoms with Crippen molar-refractivity contribution in [3.05, 3.63) is 47.1 Å². The highest BCUT2D eigenvalue weighted by molar-refractivity contribution is 6.32. The fourth-order valence-corrected chi connectivity index (χ4v) is 3.41. The van der Waals surface area contributed by atoms with E-state index in [1.807, 2.05) is 6.08 Å². The summed E-state index contributed by atoms with van der Waals surface area (Å²) in [7, 11) is 0. The molecule has 0 radical (unpaired) electrons. The molecule has 26 heavy (non-hydrogen) atoms. The summed E-state index contributed by atoms with van der Waals surface area (Å²) < 4.78 is 24.4. The number of ether oxygens (including phenoxy) is 2. The van der Waals surface area contributed by atoms with Crippen LogP contribution in [0.25, 0.3) is 5.57 Å². The number of nitrogens with one attached hydrogen (secondary N) is 2. The number of nitrogens with zero attached hydrogens (tertiary/aromatic N) is 1. The van der Waals surface area contributed by atoms with E-state index in [4.69, 9.17) is 9.47 Å². The number of amides is 1. The Morgan fingerprint density at radius 3 is 2.96 bits per heavy atom. The molecule has 4 rings (SSSR count). The Morgan fingerprint density at radius 2 is 2.12 bits per heavy atom. The van der Waals surface area contributed by atoms with Crippen molar-refractivity contribution in [3.8, 4) is 0 Å². The van der Waals surface area contributed by atoms with Crippen LogP contribution in [-0.4, -0.2) is 56.8 Å². The van der Waals surface area contributed by atoms with Crippen LogP contribution in [0.5, 0.6) is 0 Å². The van der Waals surface area contributed by atoms with E-state index in [-0.39, 0.29) is 11.7 Å². The molecule has 7 heteroatoms. The second-order valence-electron chi connectivity index (χ2n) is 6.58. The van der Waals surface area contributed by atoms with E-state index in [9.17, 15) is 9.18 Å². The average molecular weight is 359 g/mol. The number of hydrogen-bond donors (Lipinski definition) is 2. The quantitative estimate of drug-likeness (QED) is 0.619. The van der Waals surface area contributed by atoms with Crippen molar-refractivity contribution in [3.63, 3.8) is 0 Å². The van der Waals surface area contributed by atoms with Crippen LogP contribution in [0.2, 0.25) is 0 Å². The number of allylic oxidation sites excluding steroid dienone is 1. The van der Waals surface area contributed by atoms with E-state index in [0.717, 1.165) is 51.5 Å². The van der Waals surface area contributed by atoms with Gasteiger partial charge in [0, 0.05) is 31.3 Å². The number of carbonyl (C=O) groups is 1. The van der Waals surface area contributed by atoms with Crippen molar-refractivity contribution in [2.24, 2.45) is 0 Å². The SMILES string of the molecule is O=C1Nc2cc(F)ccc2C1=C1C=C(NCCCN2CCOCC2)CO1. The Hall–Kier alpha value is -2.38. The zero-order valence-corrected chi connectivity index (χ0v) is 14.5. The van der Waals surface area contributed by atoms with E-state index < -0.39 is 0 Å². The molecule has 0 aliphatic carbocycles. The van der Waals surface area contributed by atoms with E-state index in [2.05, 4.69) is 15.5 Å². The third kappa shape index (κ3) is 3.59. The van der Waals surface area contributed by atoms with Crippen molar-refractivity contribution in [2.45, 2.75) is 6.42 Å². The first-order valence-corrected chi connectivity index (χ1v) is 8.93. The molecular formula is C19H22FN3O3. The highest BCUT2D eigenvalue weighted by Gasteiger charge is 2.30. The molecule has 0 atom stereocenters. The molecule has 138 valence electrons. The molecule has 3 aliphatic heterocycles. The van der Waals surface area contributed by atoms with E-state index in [1.54, 1.807) is 6.07 Å². The molecule has 1 aromatic rings. The van der Waals surface area contributed by atoms with Crippen LogP contribution >= 0.6 is 0 Å². The number of anilines is 1. The minimum atomic E-state index is -0.374. The van der Waals surface area contributed by atoms with Crippen LogP contribution in [0.4, 0.5) is 10.1 Å². The van der Waals surface area contributed by atoms with Gasteiger partial charge in [0.1, 0.15) is 18.2 Å². The smallest absolute Gasteiger partial charge is 0.260 e. The topological polar surface area (TPSA) is 62.8 Å². The predicted molar refractivity (Wildman–Crippen MR) is 95.9 cm³/mol. The summed E-state index contributed by atoms with van der Waals surface area (Å²) in [6, 6.07) is 4.28.